The molecule has 0 aliphatic carbocycles. The van der Waals surface area contributed by atoms with Gasteiger partial charge in [0, 0.05) is 17.8 Å². The van der Waals surface area contributed by atoms with E-state index in [1.54, 1.807) is 30.3 Å². The SMILES string of the molecule is CC(C)COc1ccc(C2=C(Nc3ccc4c(c3)OCO4)C(=O)N(C(C)C)C2=O)cc1. The minimum atomic E-state index is -0.354. The van der Waals surface area contributed by atoms with Crippen molar-refractivity contribution in [2.45, 2.75) is 33.7 Å². The average molecular weight is 422 g/mol. The molecule has 4 rings (SSSR count). The van der Waals surface area contributed by atoms with Crippen LogP contribution >= 0.6 is 0 Å². The number of ether oxygens (including phenoxy) is 3. The van der Waals surface area contributed by atoms with Crippen molar-refractivity contribution < 1.29 is 23.8 Å². The van der Waals surface area contributed by atoms with Gasteiger partial charge in [-0.1, -0.05) is 26.0 Å². The Balaban J connectivity index is 1.68. The van der Waals surface area contributed by atoms with Gasteiger partial charge in [-0.3, -0.25) is 14.5 Å². The Labute approximate surface area is 181 Å². The number of benzene rings is 2. The van der Waals surface area contributed by atoms with Crippen LogP contribution in [0.2, 0.25) is 0 Å². The van der Waals surface area contributed by atoms with E-state index in [0.717, 1.165) is 5.75 Å². The molecule has 0 bridgehead atoms. The molecule has 162 valence electrons. The molecule has 7 heteroatoms. The Hall–Kier alpha value is -3.48. The van der Waals surface area contributed by atoms with E-state index < -0.39 is 0 Å². The van der Waals surface area contributed by atoms with Crippen molar-refractivity contribution in [1.82, 2.24) is 4.90 Å². The molecular formula is C24H26N2O5. The van der Waals surface area contributed by atoms with Crippen LogP contribution in [0.25, 0.3) is 5.57 Å². The molecule has 2 aromatic rings. The van der Waals surface area contributed by atoms with E-state index in [0.29, 0.717) is 40.8 Å². The largest absolute Gasteiger partial charge is 0.493 e. The summed E-state index contributed by atoms with van der Waals surface area (Å²) in [7, 11) is 0. The monoisotopic (exact) mass is 422 g/mol. The van der Waals surface area contributed by atoms with E-state index in [1.807, 2.05) is 26.0 Å². The molecule has 0 radical (unpaired) electrons. The summed E-state index contributed by atoms with van der Waals surface area (Å²) in [4.78, 5) is 27.6. The summed E-state index contributed by atoms with van der Waals surface area (Å²) in [6.45, 7) is 8.57. The lowest BCUT2D eigenvalue weighted by atomic mass is 10.0. The van der Waals surface area contributed by atoms with Crippen molar-refractivity contribution in [2.24, 2.45) is 5.92 Å². The molecule has 0 spiro atoms. The van der Waals surface area contributed by atoms with Gasteiger partial charge >= 0.3 is 0 Å². The molecule has 0 saturated carbocycles. The van der Waals surface area contributed by atoms with Crippen molar-refractivity contribution in [3.8, 4) is 17.2 Å². The molecule has 0 atom stereocenters. The van der Waals surface area contributed by atoms with Crippen LogP contribution in [0, 0.1) is 5.92 Å². The third-order valence-electron chi connectivity index (χ3n) is 5.00. The average Bonchev–Trinajstić information content (AvgIpc) is 3.29. The zero-order valence-corrected chi connectivity index (χ0v) is 18.1. The van der Waals surface area contributed by atoms with Crippen molar-refractivity contribution in [2.75, 3.05) is 18.7 Å². The summed E-state index contributed by atoms with van der Waals surface area (Å²) in [5.41, 5.74) is 1.88. The lowest BCUT2D eigenvalue weighted by molar-refractivity contribution is -0.138. The van der Waals surface area contributed by atoms with E-state index in [1.165, 1.54) is 4.90 Å². The Kier molecular flexibility index (Phi) is 5.59. The summed E-state index contributed by atoms with van der Waals surface area (Å²) in [5.74, 6) is 1.70. The molecule has 0 unspecified atom stereocenters. The van der Waals surface area contributed by atoms with Gasteiger partial charge in [-0.25, -0.2) is 0 Å². The fourth-order valence-electron chi connectivity index (χ4n) is 3.50. The molecule has 0 aromatic heterocycles. The molecule has 2 aliphatic heterocycles. The van der Waals surface area contributed by atoms with Gasteiger partial charge in [0.15, 0.2) is 11.5 Å². The number of imide groups is 1. The normalized spacial score (nSPS) is 15.5. The number of anilines is 1. The second-order valence-corrected chi connectivity index (χ2v) is 8.25. The van der Waals surface area contributed by atoms with Crippen LogP contribution in [0.15, 0.2) is 48.2 Å². The number of carbonyl (C=O) groups excluding carboxylic acids is 2. The van der Waals surface area contributed by atoms with Crippen LogP contribution in [0.1, 0.15) is 33.3 Å². The van der Waals surface area contributed by atoms with Gasteiger partial charge in [0.25, 0.3) is 11.8 Å². The molecule has 31 heavy (non-hydrogen) atoms. The number of hydrogen-bond donors (Lipinski definition) is 1. The molecular weight excluding hydrogens is 396 g/mol. The fourth-order valence-corrected chi connectivity index (χ4v) is 3.50. The molecule has 2 aliphatic rings. The predicted molar refractivity (Wildman–Crippen MR) is 117 cm³/mol. The third-order valence-corrected chi connectivity index (χ3v) is 5.00. The van der Waals surface area contributed by atoms with Gasteiger partial charge in [-0.15, -0.1) is 0 Å². The highest BCUT2D eigenvalue weighted by Crippen LogP contribution is 2.37. The van der Waals surface area contributed by atoms with Crippen LogP contribution in [0.4, 0.5) is 5.69 Å². The number of carbonyl (C=O) groups is 2. The number of fused-ring (bicyclic) bond motifs is 1. The number of nitrogens with one attached hydrogen (secondary N) is 1. The highest BCUT2D eigenvalue weighted by molar-refractivity contribution is 6.36. The summed E-state index contributed by atoms with van der Waals surface area (Å²) < 4.78 is 16.5. The number of rotatable bonds is 7. The Morgan fingerprint density at radius 3 is 2.35 bits per heavy atom. The van der Waals surface area contributed by atoms with Gasteiger partial charge < -0.3 is 19.5 Å². The predicted octanol–water partition coefficient (Wildman–Crippen LogP) is 4.05. The van der Waals surface area contributed by atoms with Gasteiger partial charge in [0.05, 0.1) is 12.2 Å². The van der Waals surface area contributed by atoms with Crippen LogP contribution in [0.5, 0.6) is 17.2 Å². The molecule has 2 heterocycles. The van der Waals surface area contributed by atoms with Crippen molar-refractivity contribution in [1.29, 1.82) is 0 Å². The fraction of sp³-hybridized carbons (Fsp3) is 0.333. The number of hydrogen-bond acceptors (Lipinski definition) is 6. The Bertz CT molecular complexity index is 1040. The maximum Gasteiger partial charge on any atom is 0.278 e. The third kappa shape index (κ3) is 4.08. The van der Waals surface area contributed by atoms with Gasteiger partial charge in [0.1, 0.15) is 11.4 Å². The lowest BCUT2D eigenvalue weighted by Gasteiger charge is -2.19. The molecule has 2 amide bonds. The molecule has 0 saturated heterocycles. The van der Waals surface area contributed by atoms with Crippen LogP contribution in [0.3, 0.4) is 0 Å². The van der Waals surface area contributed by atoms with Crippen molar-refractivity contribution in [3.05, 3.63) is 53.7 Å². The van der Waals surface area contributed by atoms with Crippen molar-refractivity contribution in [3.63, 3.8) is 0 Å². The minimum absolute atomic E-state index is 0.163. The van der Waals surface area contributed by atoms with Crippen LogP contribution < -0.4 is 19.5 Å². The Morgan fingerprint density at radius 1 is 0.968 bits per heavy atom. The second kappa shape index (κ2) is 8.34. The molecule has 0 fully saturated rings. The Morgan fingerprint density at radius 2 is 1.68 bits per heavy atom. The summed E-state index contributed by atoms with van der Waals surface area (Å²) in [6, 6.07) is 12.3. The van der Waals surface area contributed by atoms with E-state index >= 15 is 0 Å². The first-order chi connectivity index (χ1) is 14.8. The van der Waals surface area contributed by atoms with Gasteiger partial charge in [0.2, 0.25) is 6.79 Å². The summed E-state index contributed by atoms with van der Waals surface area (Å²) in [5, 5.41) is 3.14. The van der Waals surface area contributed by atoms with Crippen molar-refractivity contribution >= 4 is 23.1 Å². The van der Waals surface area contributed by atoms with Gasteiger partial charge in [-0.05, 0) is 49.6 Å². The van der Waals surface area contributed by atoms with E-state index in [9.17, 15) is 9.59 Å². The zero-order chi connectivity index (χ0) is 22.1. The van der Waals surface area contributed by atoms with E-state index in [2.05, 4.69) is 19.2 Å². The maximum atomic E-state index is 13.2. The maximum absolute atomic E-state index is 13.2. The zero-order valence-electron chi connectivity index (χ0n) is 18.1. The molecule has 1 N–H and O–H groups in total. The first kappa shape index (κ1) is 20.8. The first-order valence-electron chi connectivity index (χ1n) is 10.4. The summed E-state index contributed by atoms with van der Waals surface area (Å²) in [6.07, 6.45) is 0. The standard InChI is InChI=1S/C24H26N2O5/c1-14(2)12-29-18-8-5-16(6-9-18)21-22(24(28)26(15(3)4)23(21)27)25-17-7-10-19-20(11-17)31-13-30-19/h5-11,14-15,25H,12-13H2,1-4H3. The molecule has 2 aromatic carbocycles. The summed E-state index contributed by atoms with van der Waals surface area (Å²) >= 11 is 0. The minimum Gasteiger partial charge on any atom is -0.493 e. The second-order valence-electron chi connectivity index (χ2n) is 8.25. The van der Waals surface area contributed by atoms with Crippen LogP contribution in [-0.4, -0.2) is 36.2 Å². The first-order valence-corrected chi connectivity index (χ1v) is 10.4. The number of amides is 2. The smallest absolute Gasteiger partial charge is 0.278 e. The highest BCUT2D eigenvalue weighted by atomic mass is 16.7. The van der Waals surface area contributed by atoms with E-state index in [4.69, 9.17) is 14.2 Å². The van der Waals surface area contributed by atoms with Crippen LogP contribution in [-0.2, 0) is 9.59 Å². The number of nitrogens with zero attached hydrogens (tertiary/aromatic N) is 1. The molecule has 7 nitrogen and oxygen atoms in total. The quantitative estimate of drug-likeness (QED) is 0.679. The lowest BCUT2D eigenvalue weighted by Crippen LogP contribution is -2.38. The topological polar surface area (TPSA) is 77.1 Å². The van der Waals surface area contributed by atoms with E-state index in [-0.39, 0.29) is 30.3 Å². The highest BCUT2D eigenvalue weighted by Gasteiger charge is 2.40. The van der Waals surface area contributed by atoms with Gasteiger partial charge in [-0.2, -0.15) is 0 Å².